The average Bonchev–Trinajstić information content (AvgIpc) is 3.82. The SMILES string of the molecule is c1ccc([Si]2(c3ccccc3)c3ccccc3-c3ccc(-n4c5ccccc5c5cc(-n6c7ccccc7c7ccccc76)ccc54)cc32)cc1. The van der Waals surface area contributed by atoms with E-state index >= 15 is 0 Å². The van der Waals surface area contributed by atoms with Crippen molar-refractivity contribution in [1.82, 2.24) is 9.13 Å². The predicted octanol–water partition coefficient (Wildman–Crippen LogP) is 9.24. The molecule has 1 aliphatic rings. The minimum Gasteiger partial charge on any atom is -0.309 e. The number of rotatable bonds is 4. The van der Waals surface area contributed by atoms with Gasteiger partial charge in [0.15, 0.2) is 8.07 Å². The minimum atomic E-state index is -2.62. The molecule has 0 N–H and O–H groups in total. The van der Waals surface area contributed by atoms with Crippen molar-refractivity contribution in [2.75, 3.05) is 0 Å². The Morgan fingerprint density at radius 3 is 1.33 bits per heavy atom. The number of fused-ring (bicyclic) bond motifs is 9. The highest BCUT2D eigenvalue weighted by Crippen LogP contribution is 2.38. The van der Waals surface area contributed by atoms with Gasteiger partial charge in [-0.15, -0.1) is 0 Å². The van der Waals surface area contributed by atoms with E-state index < -0.39 is 8.07 Å². The van der Waals surface area contributed by atoms with E-state index in [2.05, 4.69) is 203 Å². The number of hydrogen-bond acceptors (Lipinski definition) is 0. The van der Waals surface area contributed by atoms with Crippen LogP contribution in [0.2, 0.25) is 0 Å². The normalized spacial score (nSPS) is 13.3. The summed E-state index contributed by atoms with van der Waals surface area (Å²) in [6.07, 6.45) is 0. The van der Waals surface area contributed by atoms with Gasteiger partial charge in [0.2, 0.25) is 0 Å². The fourth-order valence-corrected chi connectivity index (χ4v) is 14.4. The molecule has 0 atom stereocenters. The largest absolute Gasteiger partial charge is 0.309 e. The number of benzene rings is 8. The van der Waals surface area contributed by atoms with Crippen LogP contribution in [0.25, 0.3) is 66.1 Å². The Kier molecular flexibility index (Phi) is 6.01. The van der Waals surface area contributed by atoms with Gasteiger partial charge in [0.25, 0.3) is 0 Å². The van der Waals surface area contributed by atoms with Gasteiger partial charge in [-0.3, -0.25) is 0 Å². The summed E-state index contributed by atoms with van der Waals surface area (Å²) in [5, 5.41) is 10.8. The van der Waals surface area contributed by atoms with Crippen molar-refractivity contribution >= 4 is 72.4 Å². The van der Waals surface area contributed by atoms with Crippen molar-refractivity contribution in [3.8, 4) is 22.5 Å². The first-order valence-corrected chi connectivity index (χ1v) is 19.7. The Hall–Kier alpha value is -6.42. The zero-order valence-corrected chi connectivity index (χ0v) is 28.9. The Labute approximate surface area is 297 Å². The average molecular weight is 665 g/mol. The molecule has 0 saturated carbocycles. The molecule has 1 aliphatic heterocycles. The summed E-state index contributed by atoms with van der Waals surface area (Å²) in [7, 11) is -2.62. The van der Waals surface area contributed by atoms with Gasteiger partial charge < -0.3 is 9.13 Å². The molecule has 2 aromatic heterocycles. The Bertz CT molecular complexity index is 2880. The van der Waals surface area contributed by atoms with Crippen LogP contribution in [-0.4, -0.2) is 17.2 Å². The molecule has 0 aliphatic carbocycles. The van der Waals surface area contributed by atoms with E-state index in [9.17, 15) is 0 Å². The molecule has 11 rings (SSSR count). The van der Waals surface area contributed by atoms with Crippen LogP contribution in [0.3, 0.4) is 0 Å². The second kappa shape index (κ2) is 10.8. The monoisotopic (exact) mass is 664 g/mol. The fraction of sp³-hybridized carbons (Fsp3) is 0. The number of hydrogen-bond donors (Lipinski definition) is 0. The third-order valence-electron chi connectivity index (χ3n) is 11.2. The number of nitrogens with zero attached hydrogens (tertiary/aromatic N) is 2. The van der Waals surface area contributed by atoms with Crippen molar-refractivity contribution in [3.63, 3.8) is 0 Å². The first-order valence-electron chi connectivity index (χ1n) is 17.7. The van der Waals surface area contributed by atoms with E-state index in [-0.39, 0.29) is 0 Å². The smallest absolute Gasteiger partial charge is 0.180 e. The first kappa shape index (κ1) is 28.4. The molecule has 3 heteroatoms. The zero-order chi connectivity index (χ0) is 33.5. The minimum absolute atomic E-state index is 1.17. The number of para-hydroxylation sites is 3. The van der Waals surface area contributed by atoms with Crippen LogP contribution in [0.1, 0.15) is 0 Å². The maximum absolute atomic E-state index is 2.62. The van der Waals surface area contributed by atoms with Gasteiger partial charge in [0, 0.05) is 32.9 Å². The highest BCUT2D eigenvalue weighted by Gasteiger charge is 2.48. The lowest BCUT2D eigenvalue weighted by atomic mass is 10.1. The van der Waals surface area contributed by atoms with Gasteiger partial charge >= 0.3 is 0 Å². The van der Waals surface area contributed by atoms with Crippen molar-refractivity contribution in [2.45, 2.75) is 0 Å². The standard InChI is InChI=1S/C48H32N2Si/c1-3-15-35(16-4-1)51(36-17-5-2-6-18-36)47-26-14-10-22-40(47)41-29-27-34(32-48(41)51)50-45-25-13-9-21-39(45)42-31-33(28-30-46(42)50)49-43-23-11-7-19-37(43)38-20-8-12-24-44(38)49/h1-32H. The van der Waals surface area contributed by atoms with Crippen LogP contribution in [0, 0.1) is 0 Å². The quantitative estimate of drug-likeness (QED) is 0.166. The van der Waals surface area contributed by atoms with Crippen LogP contribution in [0.15, 0.2) is 194 Å². The molecule has 2 nitrogen and oxygen atoms in total. The van der Waals surface area contributed by atoms with Crippen LogP contribution in [0.4, 0.5) is 0 Å². The van der Waals surface area contributed by atoms with Crippen molar-refractivity contribution in [3.05, 3.63) is 194 Å². The Balaban J connectivity index is 1.19. The van der Waals surface area contributed by atoms with Gasteiger partial charge in [0.05, 0.1) is 22.1 Å². The molecule has 238 valence electrons. The van der Waals surface area contributed by atoms with Crippen LogP contribution < -0.4 is 20.7 Å². The lowest BCUT2D eigenvalue weighted by Gasteiger charge is -2.31. The van der Waals surface area contributed by atoms with E-state index in [0.717, 1.165) is 0 Å². The summed E-state index contributed by atoms with van der Waals surface area (Å²) in [6, 6.07) is 72.3. The summed E-state index contributed by atoms with van der Waals surface area (Å²) in [6.45, 7) is 0. The second-order valence-electron chi connectivity index (χ2n) is 13.7. The molecule has 0 amide bonds. The molecule has 8 aromatic carbocycles. The summed E-state index contributed by atoms with van der Waals surface area (Å²) in [4.78, 5) is 0. The predicted molar refractivity (Wildman–Crippen MR) is 218 cm³/mol. The summed E-state index contributed by atoms with van der Waals surface area (Å²) >= 11 is 0. The number of aromatic nitrogens is 2. The first-order chi connectivity index (χ1) is 25.3. The van der Waals surface area contributed by atoms with E-state index in [1.807, 2.05) is 0 Å². The van der Waals surface area contributed by atoms with Crippen molar-refractivity contribution in [2.24, 2.45) is 0 Å². The third-order valence-corrected chi connectivity index (χ3v) is 16.1. The third kappa shape index (κ3) is 3.87. The highest BCUT2D eigenvalue weighted by molar-refractivity contribution is 7.22. The zero-order valence-electron chi connectivity index (χ0n) is 27.9. The maximum atomic E-state index is 2.52. The van der Waals surface area contributed by atoms with E-state index in [0.29, 0.717) is 0 Å². The molecule has 0 unspecified atom stereocenters. The molecule has 10 aromatic rings. The molecule has 0 saturated heterocycles. The highest BCUT2D eigenvalue weighted by atomic mass is 28.3. The second-order valence-corrected chi connectivity index (χ2v) is 17.4. The van der Waals surface area contributed by atoms with Crippen LogP contribution in [0.5, 0.6) is 0 Å². The summed E-state index contributed by atoms with van der Waals surface area (Å²) in [5.41, 5.74) is 9.95. The summed E-state index contributed by atoms with van der Waals surface area (Å²) < 4.78 is 4.90. The van der Waals surface area contributed by atoms with Crippen molar-refractivity contribution in [1.29, 1.82) is 0 Å². The van der Waals surface area contributed by atoms with E-state index in [4.69, 9.17) is 0 Å². The van der Waals surface area contributed by atoms with Gasteiger partial charge in [-0.1, -0.05) is 146 Å². The fourth-order valence-electron chi connectivity index (χ4n) is 9.15. The van der Waals surface area contributed by atoms with Crippen LogP contribution >= 0.6 is 0 Å². The molecule has 0 bridgehead atoms. The Morgan fingerprint density at radius 2 is 0.725 bits per heavy atom. The molecule has 3 heterocycles. The van der Waals surface area contributed by atoms with Gasteiger partial charge in [0.1, 0.15) is 0 Å². The van der Waals surface area contributed by atoms with Crippen LogP contribution in [-0.2, 0) is 0 Å². The molecule has 0 fully saturated rings. The lowest BCUT2D eigenvalue weighted by molar-refractivity contribution is 1.17. The van der Waals surface area contributed by atoms with E-state index in [1.54, 1.807) is 0 Å². The van der Waals surface area contributed by atoms with E-state index in [1.165, 1.54) is 86.9 Å². The van der Waals surface area contributed by atoms with Gasteiger partial charge in [-0.2, -0.15) is 0 Å². The molecular weight excluding hydrogens is 633 g/mol. The van der Waals surface area contributed by atoms with Crippen molar-refractivity contribution < 1.29 is 0 Å². The van der Waals surface area contributed by atoms with Gasteiger partial charge in [-0.25, -0.2) is 0 Å². The molecule has 0 radical (unpaired) electrons. The summed E-state index contributed by atoms with van der Waals surface area (Å²) in [5.74, 6) is 0. The lowest BCUT2D eigenvalue weighted by Crippen LogP contribution is -2.72. The maximum Gasteiger partial charge on any atom is 0.180 e. The molecule has 51 heavy (non-hydrogen) atoms. The van der Waals surface area contributed by atoms with Gasteiger partial charge in [-0.05, 0) is 80.4 Å². The Morgan fingerprint density at radius 1 is 0.294 bits per heavy atom. The molecule has 0 spiro atoms. The topological polar surface area (TPSA) is 9.86 Å². The molecular formula is C48H32N2Si.